The Morgan fingerprint density at radius 2 is 1.79 bits per heavy atom. The van der Waals surface area contributed by atoms with Crippen LogP contribution >= 0.6 is 0 Å². The van der Waals surface area contributed by atoms with Crippen molar-refractivity contribution in [2.24, 2.45) is 0 Å². The molecular formula is C23H18F3N3. The number of aromatic nitrogens is 2. The zero-order valence-corrected chi connectivity index (χ0v) is 15.4. The van der Waals surface area contributed by atoms with E-state index in [-0.39, 0.29) is 0 Å². The summed E-state index contributed by atoms with van der Waals surface area (Å²) in [6.07, 6.45) is -2.63. The number of benzene rings is 2. The Hall–Kier alpha value is -3.54. The highest BCUT2D eigenvalue weighted by molar-refractivity contribution is 5.81. The van der Waals surface area contributed by atoms with Crippen LogP contribution in [0.5, 0.6) is 0 Å². The van der Waals surface area contributed by atoms with Crippen LogP contribution in [0.3, 0.4) is 0 Å². The van der Waals surface area contributed by atoms with E-state index in [4.69, 9.17) is 0 Å². The molecule has 29 heavy (non-hydrogen) atoms. The predicted octanol–water partition coefficient (Wildman–Crippen LogP) is 6.01. The molecule has 0 atom stereocenters. The monoisotopic (exact) mass is 393 g/mol. The van der Waals surface area contributed by atoms with Crippen molar-refractivity contribution < 1.29 is 13.2 Å². The van der Waals surface area contributed by atoms with Gasteiger partial charge >= 0.3 is 6.18 Å². The molecule has 2 N–H and O–H groups in total. The smallest absolute Gasteiger partial charge is 0.381 e. The van der Waals surface area contributed by atoms with Gasteiger partial charge in [0.15, 0.2) is 0 Å². The minimum atomic E-state index is -4.38. The minimum Gasteiger partial charge on any atom is -0.381 e. The molecule has 6 heteroatoms. The van der Waals surface area contributed by atoms with Crippen LogP contribution in [0, 0.1) is 0 Å². The maximum atomic E-state index is 12.8. The molecule has 0 saturated heterocycles. The van der Waals surface area contributed by atoms with Gasteiger partial charge in [0.1, 0.15) is 5.69 Å². The van der Waals surface area contributed by atoms with E-state index in [1.807, 2.05) is 42.5 Å². The number of hydrogen-bond donors (Lipinski definition) is 2. The lowest BCUT2D eigenvalue weighted by molar-refractivity contribution is -0.140. The molecule has 0 aliphatic rings. The summed E-state index contributed by atoms with van der Waals surface area (Å²) in [5, 5.41) is 3.73. The molecule has 0 amide bonds. The molecule has 3 nitrogen and oxygen atoms in total. The normalized spacial score (nSPS) is 11.6. The van der Waals surface area contributed by atoms with Gasteiger partial charge in [0, 0.05) is 40.5 Å². The first-order valence-corrected chi connectivity index (χ1v) is 9.03. The zero-order chi connectivity index (χ0) is 20.4. The van der Waals surface area contributed by atoms with Gasteiger partial charge in [0.2, 0.25) is 0 Å². The van der Waals surface area contributed by atoms with Gasteiger partial charge in [-0.25, -0.2) is 0 Å². The Morgan fingerprint density at radius 3 is 2.48 bits per heavy atom. The average molecular weight is 393 g/mol. The van der Waals surface area contributed by atoms with E-state index < -0.39 is 11.9 Å². The van der Waals surface area contributed by atoms with Crippen molar-refractivity contribution in [3.8, 4) is 11.3 Å². The quantitative estimate of drug-likeness (QED) is 0.436. The molecule has 0 radical (unpaired) electrons. The number of hydrogen-bond acceptors (Lipinski definition) is 2. The standard InChI is InChI=1S/C23H18F3N3/c1-15(18-8-10-20(28-14-18)17-5-3-2-4-6-17)27-13-16-7-9-21-19(11-16)12-22(29-21)23(24,25)26/h2-12,14,27,29H,1,13H2. The van der Waals surface area contributed by atoms with Gasteiger partial charge in [-0.3, -0.25) is 4.98 Å². The minimum absolute atomic E-state index is 0.446. The lowest BCUT2D eigenvalue weighted by Crippen LogP contribution is -2.11. The third-order valence-electron chi connectivity index (χ3n) is 4.68. The molecule has 0 aliphatic heterocycles. The molecule has 4 aromatic rings. The highest BCUT2D eigenvalue weighted by Gasteiger charge is 2.32. The molecular weight excluding hydrogens is 375 g/mol. The van der Waals surface area contributed by atoms with Crippen molar-refractivity contribution in [1.82, 2.24) is 15.3 Å². The summed E-state index contributed by atoms with van der Waals surface area (Å²) in [4.78, 5) is 6.88. The Kier molecular flexibility index (Phi) is 4.84. The summed E-state index contributed by atoms with van der Waals surface area (Å²) in [6.45, 7) is 4.48. The lowest BCUT2D eigenvalue weighted by Gasteiger charge is -2.10. The maximum Gasteiger partial charge on any atom is 0.431 e. The lowest BCUT2D eigenvalue weighted by atomic mass is 10.1. The molecule has 0 bridgehead atoms. The van der Waals surface area contributed by atoms with E-state index in [0.717, 1.165) is 28.5 Å². The molecule has 2 heterocycles. The van der Waals surface area contributed by atoms with Crippen molar-refractivity contribution in [2.45, 2.75) is 12.7 Å². The number of nitrogens with zero attached hydrogens (tertiary/aromatic N) is 1. The summed E-state index contributed by atoms with van der Waals surface area (Å²) < 4.78 is 38.5. The fourth-order valence-corrected chi connectivity index (χ4v) is 3.11. The van der Waals surface area contributed by atoms with E-state index in [1.54, 1.807) is 24.4 Å². The van der Waals surface area contributed by atoms with Gasteiger partial charge < -0.3 is 10.3 Å². The van der Waals surface area contributed by atoms with E-state index >= 15 is 0 Å². The van der Waals surface area contributed by atoms with Gasteiger partial charge in [0.05, 0.1) is 5.69 Å². The molecule has 0 spiro atoms. The number of fused-ring (bicyclic) bond motifs is 1. The van der Waals surface area contributed by atoms with Crippen LogP contribution < -0.4 is 5.32 Å². The first kappa shape index (κ1) is 18.8. The number of halogens is 3. The van der Waals surface area contributed by atoms with E-state index in [2.05, 4.69) is 21.9 Å². The highest BCUT2D eigenvalue weighted by atomic mass is 19.4. The van der Waals surface area contributed by atoms with Crippen molar-refractivity contribution in [3.63, 3.8) is 0 Å². The summed E-state index contributed by atoms with van der Waals surface area (Å²) in [6, 6.07) is 20.0. The number of aromatic amines is 1. The second-order valence-corrected chi connectivity index (χ2v) is 6.73. The molecule has 146 valence electrons. The highest BCUT2D eigenvalue weighted by Crippen LogP contribution is 2.31. The average Bonchev–Trinajstić information content (AvgIpc) is 3.17. The first-order chi connectivity index (χ1) is 13.9. The number of pyridine rings is 1. The van der Waals surface area contributed by atoms with E-state index in [0.29, 0.717) is 23.1 Å². The fourth-order valence-electron chi connectivity index (χ4n) is 3.11. The van der Waals surface area contributed by atoms with Crippen LogP contribution in [-0.4, -0.2) is 9.97 Å². The first-order valence-electron chi connectivity index (χ1n) is 9.03. The van der Waals surface area contributed by atoms with Crippen LogP contribution in [0.1, 0.15) is 16.8 Å². The molecule has 4 rings (SSSR count). The summed E-state index contributed by atoms with van der Waals surface area (Å²) in [5.41, 5.74) is 4.04. The number of H-pyrrole nitrogens is 1. The van der Waals surface area contributed by atoms with E-state index in [1.165, 1.54) is 0 Å². The Bertz CT molecular complexity index is 1140. The number of nitrogens with one attached hydrogen (secondary N) is 2. The summed E-state index contributed by atoms with van der Waals surface area (Å²) >= 11 is 0. The predicted molar refractivity (Wildman–Crippen MR) is 109 cm³/mol. The SMILES string of the molecule is C=C(NCc1ccc2[nH]c(C(F)(F)F)cc2c1)c1ccc(-c2ccccc2)nc1. The molecule has 2 aromatic heterocycles. The number of alkyl halides is 3. The van der Waals surface area contributed by atoms with Crippen molar-refractivity contribution in [3.05, 3.63) is 96.3 Å². The van der Waals surface area contributed by atoms with E-state index in [9.17, 15) is 13.2 Å². The van der Waals surface area contributed by atoms with Crippen LogP contribution in [0.15, 0.2) is 79.5 Å². The fraction of sp³-hybridized carbons (Fsp3) is 0.0870. The maximum absolute atomic E-state index is 12.8. The third kappa shape index (κ3) is 4.16. The van der Waals surface area contributed by atoms with Crippen molar-refractivity contribution in [2.75, 3.05) is 0 Å². The molecule has 2 aromatic carbocycles. The van der Waals surface area contributed by atoms with Crippen LogP contribution in [0.25, 0.3) is 27.9 Å². The van der Waals surface area contributed by atoms with Crippen LogP contribution in [-0.2, 0) is 12.7 Å². The van der Waals surface area contributed by atoms with Gasteiger partial charge in [0.25, 0.3) is 0 Å². The van der Waals surface area contributed by atoms with Crippen molar-refractivity contribution >= 4 is 16.6 Å². The van der Waals surface area contributed by atoms with Gasteiger partial charge in [-0.1, -0.05) is 43.0 Å². The Morgan fingerprint density at radius 1 is 1.00 bits per heavy atom. The second kappa shape index (κ2) is 7.47. The molecule has 0 unspecified atom stereocenters. The summed E-state index contributed by atoms with van der Waals surface area (Å²) in [7, 11) is 0. The second-order valence-electron chi connectivity index (χ2n) is 6.73. The summed E-state index contributed by atoms with van der Waals surface area (Å²) in [5.74, 6) is 0. The molecule has 0 aliphatic carbocycles. The van der Waals surface area contributed by atoms with Crippen molar-refractivity contribution in [1.29, 1.82) is 0 Å². The third-order valence-corrected chi connectivity index (χ3v) is 4.68. The topological polar surface area (TPSA) is 40.7 Å². The number of rotatable bonds is 5. The largest absolute Gasteiger partial charge is 0.431 e. The van der Waals surface area contributed by atoms with Crippen LogP contribution in [0.2, 0.25) is 0 Å². The molecule has 0 saturated carbocycles. The van der Waals surface area contributed by atoms with Gasteiger partial charge in [-0.2, -0.15) is 13.2 Å². The van der Waals surface area contributed by atoms with Gasteiger partial charge in [-0.15, -0.1) is 0 Å². The zero-order valence-electron chi connectivity index (χ0n) is 15.4. The van der Waals surface area contributed by atoms with Gasteiger partial charge in [-0.05, 0) is 35.9 Å². The van der Waals surface area contributed by atoms with Crippen LogP contribution in [0.4, 0.5) is 13.2 Å². The Balaban J connectivity index is 1.44. The Labute approximate surface area is 165 Å². The molecule has 0 fully saturated rings.